The average Bonchev–Trinajstić information content (AvgIpc) is 2.85. The number of hydrogen-bond acceptors (Lipinski definition) is 1. The van der Waals surface area contributed by atoms with E-state index in [0.29, 0.717) is 0 Å². The molecular formula is C15H20N2. The Balaban J connectivity index is 1.63. The van der Waals surface area contributed by atoms with Crippen molar-refractivity contribution in [2.75, 3.05) is 0 Å². The van der Waals surface area contributed by atoms with Crippen molar-refractivity contribution in [3.05, 3.63) is 30.1 Å². The maximum atomic E-state index is 4.25. The quantitative estimate of drug-likeness (QED) is 0.842. The van der Waals surface area contributed by atoms with Gasteiger partial charge in [0.2, 0.25) is 0 Å². The Kier molecular flexibility index (Phi) is 3.12. The number of nitrogens with zero attached hydrogens (tertiary/aromatic N) is 1. The zero-order valence-corrected chi connectivity index (χ0v) is 10.3. The summed E-state index contributed by atoms with van der Waals surface area (Å²) in [5, 5.41) is 0. The largest absolute Gasteiger partial charge is 0.345 e. The van der Waals surface area contributed by atoms with E-state index in [1.54, 1.807) is 6.33 Å². The zero-order chi connectivity index (χ0) is 11.5. The molecule has 2 aromatic rings. The van der Waals surface area contributed by atoms with Crippen LogP contribution in [0.4, 0.5) is 0 Å². The van der Waals surface area contributed by atoms with E-state index in [-0.39, 0.29) is 0 Å². The third-order valence-corrected chi connectivity index (χ3v) is 4.05. The van der Waals surface area contributed by atoms with Gasteiger partial charge < -0.3 is 4.98 Å². The van der Waals surface area contributed by atoms with Crippen molar-refractivity contribution in [2.24, 2.45) is 5.92 Å². The van der Waals surface area contributed by atoms with Gasteiger partial charge in [0, 0.05) is 0 Å². The first-order valence-electron chi connectivity index (χ1n) is 6.84. The fourth-order valence-electron chi connectivity index (χ4n) is 2.98. The van der Waals surface area contributed by atoms with Gasteiger partial charge in [-0.1, -0.05) is 38.2 Å². The van der Waals surface area contributed by atoms with Gasteiger partial charge >= 0.3 is 0 Å². The molecule has 1 aromatic heterocycles. The highest BCUT2D eigenvalue weighted by Crippen LogP contribution is 2.27. The Labute approximate surface area is 102 Å². The predicted molar refractivity (Wildman–Crippen MR) is 71.0 cm³/mol. The molecule has 0 radical (unpaired) electrons. The highest BCUT2D eigenvalue weighted by Gasteiger charge is 2.13. The molecule has 1 fully saturated rings. The van der Waals surface area contributed by atoms with Crippen LogP contribution in [0.2, 0.25) is 0 Å². The molecule has 1 aromatic carbocycles. The van der Waals surface area contributed by atoms with Crippen molar-refractivity contribution >= 4 is 11.0 Å². The van der Waals surface area contributed by atoms with E-state index in [1.165, 1.54) is 56.0 Å². The molecule has 0 spiro atoms. The molecule has 1 N–H and O–H groups in total. The van der Waals surface area contributed by atoms with Crippen molar-refractivity contribution in [2.45, 2.75) is 44.9 Å². The topological polar surface area (TPSA) is 28.7 Å². The molecule has 1 saturated carbocycles. The van der Waals surface area contributed by atoms with E-state index in [2.05, 4.69) is 28.2 Å². The first-order chi connectivity index (χ1) is 8.42. The van der Waals surface area contributed by atoms with E-state index in [4.69, 9.17) is 0 Å². The van der Waals surface area contributed by atoms with E-state index >= 15 is 0 Å². The first-order valence-corrected chi connectivity index (χ1v) is 6.84. The fraction of sp³-hybridized carbons (Fsp3) is 0.533. The lowest BCUT2D eigenvalue weighted by molar-refractivity contribution is 0.339. The van der Waals surface area contributed by atoms with Crippen molar-refractivity contribution in [1.29, 1.82) is 0 Å². The average molecular weight is 228 g/mol. The molecule has 90 valence electrons. The lowest BCUT2D eigenvalue weighted by Crippen LogP contribution is -2.07. The fourth-order valence-corrected chi connectivity index (χ4v) is 2.98. The second-order valence-electron chi connectivity index (χ2n) is 5.30. The van der Waals surface area contributed by atoms with E-state index in [0.717, 1.165) is 11.4 Å². The van der Waals surface area contributed by atoms with Crippen LogP contribution in [0.3, 0.4) is 0 Å². The summed E-state index contributed by atoms with van der Waals surface area (Å²) in [5.41, 5.74) is 3.70. The molecule has 0 aliphatic heterocycles. The Morgan fingerprint density at radius 3 is 2.94 bits per heavy atom. The van der Waals surface area contributed by atoms with Crippen molar-refractivity contribution in [3.8, 4) is 0 Å². The third kappa shape index (κ3) is 2.51. The predicted octanol–water partition coefficient (Wildman–Crippen LogP) is 4.08. The number of aromatic amines is 1. The van der Waals surface area contributed by atoms with Gasteiger partial charge in [0.05, 0.1) is 17.4 Å². The Morgan fingerprint density at radius 1 is 1.18 bits per heavy atom. The van der Waals surface area contributed by atoms with Gasteiger partial charge in [-0.2, -0.15) is 0 Å². The van der Waals surface area contributed by atoms with Gasteiger partial charge in [-0.3, -0.25) is 0 Å². The zero-order valence-electron chi connectivity index (χ0n) is 10.3. The second-order valence-corrected chi connectivity index (χ2v) is 5.30. The number of aryl methyl sites for hydroxylation is 1. The van der Waals surface area contributed by atoms with E-state index < -0.39 is 0 Å². The SMILES string of the molecule is c1nc2ccc(CCC3CCCCC3)cc2[nH]1. The number of aromatic nitrogens is 2. The molecule has 0 atom stereocenters. The van der Waals surface area contributed by atoms with E-state index in [9.17, 15) is 0 Å². The summed E-state index contributed by atoms with van der Waals surface area (Å²) in [5.74, 6) is 0.973. The number of benzene rings is 1. The molecule has 0 amide bonds. The molecule has 1 aliphatic carbocycles. The highest BCUT2D eigenvalue weighted by atomic mass is 14.9. The summed E-state index contributed by atoms with van der Waals surface area (Å²) >= 11 is 0. The molecule has 0 bridgehead atoms. The number of nitrogens with one attached hydrogen (secondary N) is 1. The van der Waals surface area contributed by atoms with Crippen molar-refractivity contribution < 1.29 is 0 Å². The molecule has 2 nitrogen and oxygen atoms in total. The van der Waals surface area contributed by atoms with Crippen molar-refractivity contribution in [3.63, 3.8) is 0 Å². The van der Waals surface area contributed by atoms with Crippen LogP contribution >= 0.6 is 0 Å². The summed E-state index contributed by atoms with van der Waals surface area (Å²) in [4.78, 5) is 7.44. The van der Waals surface area contributed by atoms with Crippen LogP contribution in [0, 0.1) is 5.92 Å². The minimum Gasteiger partial charge on any atom is -0.345 e. The molecular weight excluding hydrogens is 208 g/mol. The summed E-state index contributed by atoms with van der Waals surface area (Å²) < 4.78 is 0. The standard InChI is InChI=1S/C15H20N2/c1-2-4-12(5-3-1)6-7-13-8-9-14-15(10-13)17-11-16-14/h8-12H,1-7H2,(H,16,17). The van der Waals surface area contributed by atoms with Crippen molar-refractivity contribution in [1.82, 2.24) is 9.97 Å². The first kappa shape index (κ1) is 10.8. The number of imidazole rings is 1. The second kappa shape index (κ2) is 4.91. The van der Waals surface area contributed by atoms with Gasteiger partial charge in [-0.25, -0.2) is 4.98 Å². The highest BCUT2D eigenvalue weighted by molar-refractivity contribution is 5.74. The Bertz CT molecular complexity index is 480. The number of H-pyrrole nitrogens is 1. The normalized spacial score (nSPS) is 17.6. The minimum atomic E-state index is 0.973. The molecule has 0 unspecified atom stereocenters. The molecule has 0 saturated heterocycles. The van der Waals surface area contributed by atoms with Gasteiger partial charge in [0.1, 0.15) is 0 Å². The summed E-state index contributed by atoms with van der Waals surface area (Å²) in [6.45, 7) is 0. The van der Waals surface area contributed by atoms with Gasteiger partial charge in [0.25, 0.3) is 0 Å². The Morgan fingerprint density at radius 2 is 2.06 bits per heavy atom. The molecule has 1 heterocycles. The summed E-state index contributed by atoms with van der Waals surface area (Å²) in [6, 6.07) is 6.61. The van der Waals surface area contributed by atoms with Crippen LogP contribution < -0.4 is 0 Å². The van der Waals surface area contributed by atoms with Crippen LogP contribution in [0.5, 0.6) is 0 Å². The van der Waals surface area contributed by atoms with Crippen LogP contribution in [0.15, 0.2) is 24.5 Å². The minimum absolute atomic E-state index is 0.973. The van der Waals surface area contributed by atoms with Crippen LogP contribution in [0.25, 0.3) is 11.0 Å². The Hall–Kier alpha value is -1.31. The number of rotatable bonds is 3. The molecule has 2 heteroatoms. The third-order valence-electron chi connectivity index (χ3n) is 4.05. The lowest BCUT2D eigenvalue weighted by atomic mass is 9.85. The van der Waals surface area contributed by atoms with Crippen LogP contribution in [0.1, 0.15) is 44.1 Å². The van der Waals surface area contributed by atoms with Gasteiger partial charge in [-0.05, 0) is 36.5 Å². The summed E-state index contributed by atoms with van der Waals surface area (Å²) in [7, 11) is 0. The van der Waals surface area contributed by atoms with Gasteiger partial charge in [0.15, 0.2) is 0 Å². The maximum absolute atomic E-state index is 4.25. The molecule has 17 heavy (non-hydrogen) atoms. The molecule has 3 rings (SSSR count). The lowest BCUT2D eigenvalue weighted by Gasteiger charge is -2.21. The van der Waals surface area contributed by atoms with Crippen LogP contribution in [-0.2, 0) is 6.42 Å². The number of hydrogen-bond donors (Lipinski definition) is 1. The summed E-state index contributed by atoms with van der Waals surface area (Å²) in [6.07, 6.45) is 11.6. The molecule has 1 aliphatic rings. The van der Waals surface area contributed by atoms with Gasteiger partial charge in [-0.15, -0.1) is 0 Å². The van der Waals surface area contributed by atoms with Crippen LogP contribution in [-0.4, -0.2) is 9.97 Å². The monoisotopic (exact) mass is 228 g/mol. The smallest absolute Gasteiger partial charge is 0.0931 e. The maximum Gasteiger partial charge on any atom is 0.0931 e. The number of fused-ring (bicyclic) bond motifs is 1. The van der Waals surface area contributed by atoms with E-state index in [1.807, 2.05) is 0 Å².